The zero-order valence-corrected chi connectivity index (χ0v) is 18.4. The van der Waals surface area contributed by atoms with E-state index in [0.717, 1.165) is 29.9 Å². The van der Waals surface area contributed by atoms with Crippen LogP contribution < -0.4 is 14.4 Å². The van der Waals surface area contributed by atoms with E-state index in [1.807, 2.05) is 36.4 Å². The van der Waals surface area contributed by atoms with Crippen LogP contribution in [0.25, 0.3) is 6.08 Å². The smallest absolute Gasteiger partial charge is 0.231 e. The molecule has 0 saturated carbocycles. The maximum absolute atomic E-state index is 12.7. The number of ketones is 1. The molecular weight excluding hydrogens is 410 g/mol. The van der Waals surface area contributed by atoms with Crippen LogP contribution in [0, 0.1) is 0 Å². The molecule has 1 aliphatic rings. The largest absolute Gasteiger partial charge is 0.489 e. The van der Waals surface area contributed by atoms with Crippen molar-refractivity contribution in [2.75, 3.05) is 18.0 Å². The molecule has 0 amide bonds. The van der Waals surface area contributed by atoms with Crippen LogP contribution in [0.3, 0.4) is 0 Å². The molecule has 0 radical (unpaired) electrons. The third kappa shape index (κ3) is 4.75. The Hall–Kier alpha value is -3.24. The Morgan fingerprint density at radius 3 is 2.35 bits per heavy atom. The minimum absolute atomic E-state index is 0.118. The maximum atomic E-state index is 12.7. The van der Waals surface area contributed by atoms with Crippen LogP contribution in [0.15, 0.2) is 72.5 Å². The van der Waals surface area contributed by atoms with Gasteiger partial charge in [0.05, 0.1) is 5.56 Å². The fourth-order valence-corrected chi connectivity index (χ4v) is 3.65. The van der Waals surface area contributed by atoms with Crippen molar-refractivity contribution >= 4 is 29.1 Å². The third-order valence-corrected chi connectivity index (χ3v) is 5.53. The second-order valence-corrected chi connectivity index (χ2v) is 7.71. The van der Waals surface area contributed by atoms with Crippen LogP contribution in [0.2, 0.25) is 5.02 Å². The van der Waals surface area contributed by atoms with Crippen LogP contribution in [0.4, 0.5) is 5.69 Å². The van der Waals surface area contributed by atoms with Crippen molar-refractivity contribution in [2.24, 2.45) is 0 Å². The van der Waals surface area contributed by atoms with E-state index in [4.69, 9.17) is 21.1 Å². The fourth-order valence-electron chi connectivity index (χ4n) is 3.53. The van der Waals surface area contributed by atoms with Gasteiger partial charge in [0.15, 0.2) is 5.76 Å². The molecule has 3 aromatic carbocycles. The number of hydrogen-bond donors (Lipinski definition) is 0. The predicted octanol–water partition coefficient (Wildman–Crippen LogP) is 6.38. The number of carbonyl (C=O) groups excluding carboxylic acids is 1. The van der Waals surface area contributed by atoms with Gasteiger partial charge in [-0.05, 0) is 67.4 Å². The first-order valence-corrected chi connectivity index (χ1v) is 10.8. The lowest BCUT2D eigenvalue weighted by atomic mass is 10.1. The van der Waals surface area contributed by atoms with Crippen molar-refractivity contribution in [1.29, 1.82) is 0 Å². The molecule has 0 aliphatic carbocycles. The van der Waals surface area contributed by atoms with E-state index < -0.39 is 0 Å². The number of halogens is 1. The molecular formula is C26H24ClNO3. The molecule has 0 saturated heterocycles. The molecule has 4 rings (SSSR count). The number of ether oxygens (including phenoxy) is 2. The highest BCUT2D eigenvalue weighted by molar-refractivity contribution is 6.30. The molecule has 1 heterocycles. The number of carbonyl (C=O) groups is 1. The first-order valence-electron chi connectivity index (χ1n) is 10.4. The molecule has 5 heteroatoms. The van der Waals surface area contributed by atoms with Crippen molar-refractivity contribution in [2.45, 2.75) is 20.5 Å². The van der Waals surface area contributed by atoms with Crippen LogP contribution in [-0.4, -0.2) is 18.9 Å². The lowest BCUT2D eigenvalue weighted by molar-refractivity contribution is 0.101. The Labute approximate surface area is 187 Å². The minimum Gasteiger partial charge on any atom is -0.489 e. The van der Waals surface area contributed by atoms with Crippen LogP contribution in [-0.2, 0) is 6.61 Å². The molecule has 31 heavy (non-hydrogen) atoms. The minimum atomic E-state index is -0.118. The Balaban J connectivity index is 1.46. The van der Waals surface area contributed by atoms with Gasteiger partial charge >= 0.3 is 0 Å². The number of benzene rings is 3. The van der Waals surface area contributed by atoms with Crippen LogP contribution >= 0.6 is 11.6 Å². The lowest BCUT2D eigenvalue weighted by Crippen LogP contribution is -2.21. The van der Waals surface area contributed by atoms with Gasteiger partial charge < -0.3 is 14.4 Å². The van der Waals surface area contributed by atoms with Crippen molar-refractivity contribution in [3.8, 4) is 11.5 Å². The highest BCUT2D eigenvalue weighted by atomic mass is 35.5. The molecule has 3 aromatic rings. The topological polar surface area (TPSA) is 38.8 Å². The van der Waals surface area contributed by atoms with Gasteiger partial charge in [0.2, 0.25) is 5.78 Å². The predicted molar refractivity (Wildman–Crippen MR) is 125 cm³/mol. The zero-order valence-electron chi connectivity index (χ0n) is 17.6. The summed E-state index contributed by atoms with van der Waals surface area (Å²) in [5.41, 5.74) is 3.64. The van der Waals surface area contributed by atoms with E-state index >= 15 is 0 Å². The molecule has 0 unspecified atom stereocenters. The average Bonchev–Trinajstić information content (AvgIpc) is 3.10. The number of fused-ring (bicyclic) bond motifs is 1. The number of nitrogens with zero attached hydrogens (tertiary/aromatic N) is 1. The number of Topliss-reactive ketones (excluding diaryl/α,β-unsaturated/α-hetero) is 1. The molecule has 0 aromatic heterocycles. The van der Waals surface area contributed by atoms with E-state index in [-0.39, 0.29) is 5.78 Å². The summed E-state index contributed by atoms with van der Waals surface area (Å²) >= 11 is 5.92. The normalized spacial score (nSPS) is 13.8. The first-order chi connectivity index (χ1) is 15.1. The number of anilines is 1. The van der Waals surface area contributed by atoms with Crippen molar-refractivity contribution in [3.05, 3.63) is 94.2 Å². The van der Waals surface area contributed by atoms with E-state index in [2.05, 4.69) is 30.9 Å². The Morgan fingerprint density at radius 2 is 1.68 bits per heavy atom. The van der Waals surface area contributed by atoms with Gasteiger partial charge in [-0.2, -0.15) is 0 Å². The van der Waals surface area contributed by atoms with Gasteiger partial charge in [-0.25, -0.2) is 0 Å². The standard InChI is InChI=1S/C26H24ClNO3/c1-3-28(4-2)21-11-7-18(8-12-21)15-25-26(29)23-14-13-22(16-24(23)31-25)30-17-19-5-9-20(27)10-6-19/h5-16H,3-4,17H2,1-2H3/b25-15-. The summed E-state index contributed by atoms with van der Waals surface area (Å²) in [6, 6.07) is 20.9. The summed E-state index contributed by atoms with van der Waals surface area (Å²) < 4.78 is 11.7. The third-order valence-electron chi connectivity index (χ3n) is 5.28. The molecule has 158 valence electrons. The molecule has 0 N–H and O–H groups in total. The second kappa shape index (κ2) is 9.27. The summed E-state index contributed by atoms with van der Waals surface area (Å²) in [4.78, 5) is 15.0. The second-order valence-electron chi connectivity index (χ2n) is 7.28. The van der Waals surface area contributed by atoms with Crippen LogP contribution in [0.5, 0.6) is 11.5 Å². The van der Waals surface area contributed by atoms with E-state index in [0.29, 0.717) is 34.5 Å². The van der Waals surface area contributed by atoms with Gasteiger partial charge in [-0.3, -0.25) is 4.79 Å². The summed E-state index contributed by atoms with van der Waals surface area (Å²) in [5, 5.41) is 0.690. The molecule has 0 atom stereocenters. The van der Waals surface area contributed by atoms with E-state index in [9.17, 15) is 4.79 Å². The summed E-state index contributed by atoms with van der Waals surface area (Å²) in [7, 11) is 0. The highest BCUT2D eigenvalue weighted by Gasteiger charge is 2.27. The molecule has 1 aliphatic heterocycles. The maximum Gasteiger partial charge on any atom is 0.231 e. The van der Waals surface area contributed by atoms with Gasteiger partial charge in [-0.1, -0.05) is 35.9 Å². The van der Waals surface area contributed by atoms with Gasteiger partial charge in [-0.15, -0.1) is 0 Å². The number of hydrogen-bond acceptors (Lipinski definition) is 4. The Morgan fingerprint density at radius 1 is 0.968 bits per heavy atom. The zero-order chi connectivity index (χ0) is 21.8. The van der Waals surface area contributed by atoms with Crippen molar-refractivity contribution in [1.82, 2.24) is 0 Å². The Bertz CT molecular complexity index is 1100. The Kier molecular flexibility index (Phi) is 6.28. The van der Waals surface area contributed by atoms with E-state index in [1.165, 1.54) is 0 Å². The van der Waals surface area contributed by atoms with Crippen LogP contribution in [0.1, 0.15) is 35.3 Å². The summed E-state index contributed by atoms with van der Waals surface area (Å²) in [5.74, 6) is 1.36. The summed E-state index contributed by atoms with van der Waals surface area (Å²) in [6.45, 7) is 6.59. The molecule has 4 nitrogen and oxygen atoms in total. The molecule has 0 bridgehead atoms. The van der Waals surface area contributed by atoms with Gasteiger partial charge in [0.1, 0.15) is 18.1 Å². The summed E-state index contributed by atoms with van der Waals surface area (Å²) in [6.07, 6.45) is 1.78. The van der Waals surface area contributed by atoms with E-state index in [1.54, 1.807) is 24.3 Å². The van der Waals surface area contributed by atoms with Crippen molar-refractivity contribution in [3.63, 3.8) is 0 Å². The van der Waals surface area contributed by atoms with Gasteiger partial charge in [0.25, 0.3) is 0 Å². The average molecular weight is 434 g/mol. The fraction of sp³-hybridized carbons (Fsp3) is 0.192. The monoisotopic (exact) mass is 433 g/mol. The highest BCUT2D eigenvalue weighted by Crippen LogP contribution is 2.35. The quantitative estimate of drug-likeness (QED) is 0.405. The first kappa shape index (κ1) is 21.0. The number of rotatable bonds is 7. The number of allylic oxidation sites excluding steroid dienone is 1. The molecule has 0 spiro atoms. The van der Waals surface area contributed by atoms with Gasteiger partial charge in [0, 0.05) is 29.9 Å². The lowest BCUT2D eigenvalue weighted by Gasteiger charge is -2.20. The van der Waals surface area contributed by atoms with Crippen molar-refractivity contribution < 1.29 is 14.3 Å². The molecule has 0 fully saturated rings. The SMILES string of the molecule is CCN(CC)c1ccc(/C=C2\Oc3cc(OCc4ccc(Cl)cc4)ccc3C2=O)cc1.